The van der Waals surface area contributed by atoms with Crippen LogP contribution in [0, 0.1) is 13.3 Å². The zero-order chi connectivity index (χ0) is 16.4. The van der Waals surface area contributed by atoms with Gasteiger partial charge in [-0.3, -0.25) is 4.79 Å². The highest BCUT2D eigenvalue weighted by molar-refractivity contribution is 5.66. The second kappa shape index (κ2) is 6.91. The second-order valence-electron chi connectivity index (χ2n) is 6.61. The van der Waals surface area contributed by atoms with E-state index in [4.69, 9.17) is 18.9 Å². The van der Waals surface area contributed by atoms with Crippen LogP contribution < -0.4 is 0 Å². The van der Waals surface area contributed by atoms with Gasteiger partial charge in [-0.1, -0.05) is 12.5 Å². The van der Waals surface area contributed by atoms with Gasteiger partial charge in [0, 0.05) is 19.8 Å². The predicted octanol–water partition coefficient (Wildman–Crippen LogP) is 2.74. The number of ether oxygens (including phenoxy) is 4. The summed E-state index contributed by atoms with van der Waals surface area (Å²) in [6.45, 7) is 9.04. The molecule has 3 fully saturated rings. The van der Waals surface area contributed by atoms with Crippen molar-refractivity contribution < 1.29 is 23.7 Å². The third kappa shape index (κ3) is 3.32. The number of hydrogen-bond donors (Lipinski definition) is 0. The summed E-state index contributed by atoms with van der Waals surface area (Å²) in [5.74, 6) is -0.892. The van der Waals surface area contributed by atoms with E-state index < -0.39 is 11.9 Å². The lowest BCUT2D eigenvalue weighted by Gasteiger charge is -2.41. The lowest BCUT2D eigenvalue weighted by Crippen LogP contribution is -2.57. The Balaban J connectivity index is 1.85. The molecule has 1 saturated carbocycles. The Hall–Kier alpha value is -0.910. The Morgan fingerprint density at radius 1 is 1.26 bits per heavy atom. The van der Waals surface area contributed by atoms with Crippen LogP contribution >= 0.6 is 0 Å². The molecule has 1 aliphatic carbocycles. The third-order valence-corrected chi connectivity index (χ3v) is 4.92. The Labute approximate surface area is 138 Å². The van der Waals surface area contributed by atoms with E-state index in [9.17, 15) is 4.79 Å². The lowest BCUT2D eigenvalue weighted by molar-refractivity contribution is -0.205. The van der Waals surface area contributed by atoms with Gasteiger partial charge in [0.15, 0.2) is 11.9 Å². The van der Waals surface area contributed by atoms with E-state index >= 15 is 0 Å². The van der Waals surface area contributed by atoms with Gasteiger partial charge in [0.25, 0.3) is 0 Å². The lowest BCUT2D eigenvalue weighted by atomic mass is 9.92. The van der Waals surface area contributed by atoms with Crippen LogP contribution in [-0.4, -0.2) is 42.3 Å². The first-order chi connectivity index (χ1) is 11.1. The van der Waals surface area contributed by atoms with Gasteiger partial charge in [0.05, 0.1) is 6.10 Å². The third-order valence-electron chi connectivity index (χ3n) is 4.92. The summed E-state index contributed by atoms with van der Waals surface area (Å²) in [6, 6.07) is 0. The van der Waals surface area contributed by atoms with Crippen molar-refractivity contribution in [1.82, 2.24) is 0 Å². The van der Waals surface area contributed by atoms with Crippen LogP contribution in [0.4, 0.5) is 0 Å². The SMILES string of the molecule is [CH2][CH][C@@H]1O[C@@H](CC=C)[C@H](OC(C)=O)[C@@H]2OC3(CCCCC3)O[C@@H]21. The minimum atomic E-state index is -0.556. The average molecular weight is 322 g/mol. The van der Waals surface area contributed by atoms with E-state index in [1.165, 1.54) is 13.3 Å². The normalized spacial score (nSPS) is 39.0. The molecule has 0 unspecified atom stereocenters. The van der Waals surface area contributed by atoms with Gasteiger partial charge in [0.2, 0.25) is 0 Å². The van der Waals surface area contributed by atoms with Gasteiger partial charge in [0.1, 0.15) is 18.3 Å². The highest BCUT2D eigenvalue weighted by Gasteiger charge is 2.58. The van der Waals surface area contributed by atoms with Crippen molar-refractivity contribution in [3.8, 4) is 0 Å². The van der Waals surface area contributed by atoms with Crippen molar-refractivity contribution in [2.24, 2.45) is 0 Å². The first kappa shape index (κ1) is 16.9. The van der Waals surface area contributed by atoms with Gasteiger partial charge < -0.3 is 18.9 Å². The fourth-order valence-electron chi connectivity index (χ4n) is 3.94. The molecule has 5 heteroatoms. The minimum absolute atomic E-state index is 0.266. The van der Waals surface area contributed by atoms with Crippen molar-refractivity contribution in [3.63, 3.8) is 0 Å². The van der Waals surface area contributed by atoms with Crippen LogP contribution in [0.2, 0.25) is 0 Å². The summed E-state index contributed by atoms with van der Waals surface area (Å²) in [7, 11) is 0. The Bertz CT molecular complexity index is 443. The maximum atomic E-state index is 11.5. The molecule has 0 bridgehead atoms. The van der Waals surface area contributed by atoms with Crippen LogP contribution in [0.5, 0.6) is 0 Å². The molecule has 3 rings (SSSR count). The van der Waals surface area contributed by atoms with Gasteiger partial charge >= 0.3 is 5.97 Å². The molecule has 2 radical (unpaired) electrons. The first-order valence-electron chi connectivity index (χ1n) is 8.50. The summed E-state index contributed by atoms with van der Waals surface area (Å²) in [6.07, 6.45) is 7.62. The maximum absolute atomic E-state index is 11.5. The van der Waals surface area contributed by atoms with Crippen molar-refractivity contribution in [3.05, 3.63) is 26.0 Å². The van der Waals surface area contributed by atoms with Crippen LogP contribution in [0.3, 0.4) is 0 Å². The summed E-state index contributed by atoms with van der Waals surface area (Å²) in [4.78, 5) is 11.5. The minimum Gasteiger partial charge on any atom is -0.457 e. The van der Waals surface area contributed by atoms with Crippen molar-refractivity contribution in [2.75, 3.05) is 0 Å². The van der Waals surface area contributed by atoms with Crippen LogP contribution in [0.25, 0.3) is 0 Å². The van der Waals surface area contributed by atoms with Gasteiger partial charge in [-0.15, -0.1) is 6.58 Å². The molecular formula is C18H26O5. The summed E-state index contributed by atoms with van der Waals surface area (Å²) < 4.78 is 24.3. The van der Waals surface area contributed by atoms with Crippen LogP contribution in [0.1, 0.15) is 45.4 Å². The molecule has 1 spiro atoms. The van der Waals surface area contributed by atoms with Gasteiger partial charge in [-0.2, -0.15) is 0 Å². The molecule has 5 atom stereocenters. The van der Waals surface area contributed by atoms with Crippen LogP contribution in [-0.2, 0) is 23.7 Å². The first-order valence-corrected chi connectivity index (χ1v) is 8.50. The number of carbonyl (C=O) groups is 1. The number of hydrogen-bond acceptors (Lipinski definition) is 5. The number of fused-ring (bicyclic) bond motifs is 1. The van der Waals surface area contributed by atoms with Crippen molar-refractivity contribution in [2.45, 2.75) is 81.8 Å². The van der Waals surface area contributed by atoms with Crippen molar-refractivity contribution >= 4 is 5.97 Å². The predicted molar refractivity (Wildman–Crippen MR) is 84.2 cm³/mol. The van der Waals surface area contributed by atoms with E-state index in [-0.39, 0.29) is 30.4 Å². The fourth-order valence-corrected chi connectivity index (χ4v) is 3.94. The molecule has 3 aliphatic rings. The maximum Gasteiger partial charge on any atom is 0.303 e. The fraction of sp³-hybridized carbons (Fsp3) is 0.722. The molecule has 0 aromatic rings. The molecule has 0 aromatic carbocycles. The van der Waals surface area contributed by atoms with E-state index in [0.29, 0.717) is 6.42 Å². The number of carbonyl (C=O) groups excluding carboxylic acids is 1. The smallest absolute Gasteiger partial charge is 0.303 e. The molecular weight excluding hydrogens is 296 g/mol. The number of esters is 1. The number of rotatable bonds is 4. The topological polar surface area (TPSA) is 54.0 Å². The van der Waals surface area contributed by atoms with E-state index in [1.807, 2.05) is 0 Å². The van der Waals surface area contributed by atoms with Gasteiger partial charge in [-0.05, 0) is 32.6 Å². The molecule has 2 heterocycles. The molecule has 0 amide bonds. The largest absolute Gasteiger partial charge is 0.457 e. The molecule has 5 nitrogen and oxygen atoms in total. The molecule has 2 aliphatic heterocycles. The summed E-state index contributed by atoms with van der Waals surface area (Å²) in [5, 5.41) is 0. The molecule has 128 valence electrons. The summed E-state index contributed by atoms with van der Waals surface area (Å²) in [5.41, 5.74) is 0. The van der Waals surface area contributed by atoms with Crippen molar-refractivity contribution in [1.29, 1.82) is 0 Å². The standard InChI is InChI=1S/C18H26O5/c1-4-9-14-15(20-12(3)19)17-16(13(5-2)21-14)22-18(23-17)10-7-6-8-11-18/h4-5,13-17H,1-2,6-11H2,3H3/t13-,14-,15-,16+,17-/m0/s1. The molecule has 0 N–H and O–H groups in total. The van der Waals surface area contributed by atoms with E-state index in [0.717, 1.165) is 25.7 Å². The molecule has 0 aromatic heterocycles. The zero-order valence-electron chi connectivity index (χ0n) is 13.7. The van der Waals surface area contributed by atoms with Gasteiger partial charge in [-0.25, -0.2) is 0 Å². The monoisotopic (exact) mass is 322 g/mol. The highest BCUT2D eigenvalue weighted by atomic mass is 16.8. The van der Waals surface area contributed by atoms with E-state index in [1.54, 1.807) is 12.5 Å². The highest BCUT2D eigenvalue weighted by Crippen LogP contribution is 2.46. The molecule has 2 saturated heterocycles. The second-order valence-corrected chi connectivity index (χ2v) is 6.61. The summed E-state index contributed by atoms with van der Waals surface area (Å²) >= 11 is 0. The zero-order valence-corrected chi connectivity index (χ0v) is 13.7. The van der Waals surface area contributed by atoms with E-state index in [2.05, 4.69) is 13.5 Å². The molecule has 23 heavy (non-hydrogen) atoms. The van der Waals surface area contributed by atoms with Crippen LogP contribution in [0.15, 0.2) is 12.7 Å². The average Bonchev–Trinajstić information content (AvgIpc) is 2.89. The quantitative estimate of drug-likeness (QED) is 0.588. The Morgan fingerprint density at radius 3 is 2.57 bits per heavy atom. The Kier molecular flexibility index (Phi) is 5.09. The Morgan fingerprint density at radius 2 is 1.96 bits per heavy atom.